The van der Waals surface area contributed by atoms with E-state index in [1.54, 1.807) is 18.2 Å². The van der Waals surface area contributed by atoms with E-state index in [-0.39, 0.29) is 18.7 Å². The van der Waals surface area contributed by atoms with E-state index in [1.165, 1.54) is 76.6 Å². The van der Waals surface area contributed by atoms with Gasteiger partial charge < -0.3 is 15.3 Å². The van der Waals surface area contributed by atoms with Crippen molar-refractivity contribution in [3.05, 3.63) is 107 Å². The summed E-state index contributed by atoms with van der Waals surface area (Å²) in [5, 5.41) is 23.2. The molecule has 0 bridgehead atoms. The SMILES string of the molecule is O=C(CN(Cc1ccc(F)cc1)C(=O)/C=C/c1cc(Cl)ccc1-n1cnnn1)Nc1ccc(C(=O)O)cc1. The molecule has 0 aliphatic carbocycles. The Bertz CT molecular complexity index is 1470. The Morgan fingerprint density at radius 2 is 1.79 bits per heavy atom. The topological polar surface area (TPSA) is 130 Å². The van der Waals surface area contributed by atoms with Gasteiger partial charge in [-0.25, -0.2) is 9.18 Å². The summed E-state index contributed by atoms with van der Waals surface area (Å²) in [5.74, 6) is -2.51. The van der Waals surface area contributed by atoms with Gasteiger partial charge in [0.1, 0.15) is 18.7 Å². The molecule has 0 radical (unpaired) electrons. The van der Waals surface area contributed by atoms with Crippen LogP contribution in [0.25, 0.3) is 11.8 Å². The van der Waals surface area contributed by atoms with Gasteiger partial charge in [0.25, 0.3) is 0 Å². The Kier molecular flexibility index (Phi) is 8.19. The molecule has 0 aliphatic rings. The number of carboxylic acids is 1. The van der Waals surface area contributed by atoms with Gasteiger partial charge >= 0.3 is 5.97 Å². The van der Waals surface area contributed by atoms with Gasteiger partial charge in [-0.15, -0.1) is 5.10 Å². The molecule has 0 unspecified atom stereocenters. The van der Waals surface area contributed by atoms with Crippen LogP contribution in [0.5, 0.6) is 0 Å². The van der Waals surface area contributed by atoms with Crippen LogP contribution < -0.4 is 5.32 Å². The normalized spacial score (nSPS) is 10.9. The number of anilines is 1. The molecule has 3 aromatic carbocycles. The summed E-state index contributed by atoms with van der Waals surface area (Å²) in [5.41, 5.74) is 2.20. The van der Waals surface area contributed by atoms with Crippen molar-refractivity contribution in [2.24, 2.45) is 0 Å². The minimum Gasteiger partial charge on any atom is -0.478 e. The van der Waals surface area contributed by atoms with Crippen molar-refractivity contribution in [1.82, 2.24) is 25.1 Å². The fourth-order valence-corrected chi connectivity index (χ4v) is 3.68. The number of aromatic carboxylic acids is 1. The highest BCUT2D eigenvalue weighted by Crippen LogP contribution is 2.21. The number of nitrogens with one attached hydrogen (secondary N) is 1. The third-order valence-corrected chi connectivity index (χ3v) is 5.57. The maximum absolute atomic E-state index is 13.4. The predicted octanol–water partition coefficient (Wildman–Crippen LogP) is 3.83. The second-order valence-corrected chi connectivity index (χ2v) is 8.48. The molecule has 10 nitrogen and oxygen atoms in total. The van der Waals surface area contributed by atoms with Crippen molar-refractivity contribution in [2.45, 2.75) is 6.54 Å². The van der Waals surface area contributed by atoms with E-state index in [2.05, 4.69) is 20.8 Å². The Morgan fingerprint density at radius 1 is 1.05 bits per heavy atom. The second-order valence-electron chi connectivity index (χ2n) is 8.04. The molecule has 0 saturated carbocycles. The van der Waals surface area contributed by atoms with Crippen molar-refractivity contribution in [1.29, 1.82) is 0 Å². The number of halogens is 2. The summed E-state index contributed by atoms with van der Waals surface area (Å²) in [6.45, 7) is -0.291. The summed E-state index contributed by atoms with van der Waals surface area (Å²) in [7, 11) is 0. The maximum Gasteiger partial charge on any atom is 0.335 e. The molecule has 2 N–H and O–H groups in total. The number of aromatic nitrogens is 4. The molecule has 4 aromatic rings. The standard InChI is InChI=1S/C26H20ClFN6O4/c27-20-6-11-23(34-16-29-31-32-34)19(13-20)5-12-25(36)33(14-17-1-7-21(28)8-2-17)15-24(35)30-22-9-3-18(4-10-22)26(37)38/h1-13,16H,14-15H2,(H,30,35)(H,37,38)/b12-5+. The first-order chi connectivity index (χ1) is 18.3. The average Bonchev–Trinajstić information content (AvgIpc) is 3.43. The molecule has 12 heteroatoms. The van der Waals surface area contributed by atoms with Crippen molar-refractivity contribution in [3.8, 4) is 5.69 Å². The number of tetrazole rings is 1. The lowest BCUT2D eigenvalue weighted by atomic mass is 10.1. The highest BCUT2D eigenvalue weighted by atomic mass is 35.5. The first-order valence-corrected chi connectivity index (χ1v) is 11.5. The molecule has 192 valence electrons. The van der Waals surface area contributed by atoms with Crippen LogP contribution in [-0.4, -0.2) is 54.5 Å². The first-order valence-electron chi connectivity index (χ1n) is 11.2. The number of hydrogen-bond acceptors (Lipinski definition) is 6. The molecule has 0 aliphatic heterocycles. The third-order valence-electron chi connectivity index (χ3n) is 5.34. The van der Waals surface area contributed by atoms with Crippen molar-refractivity contribution in [2.75, 3.05) is 11.9 Å². The summed E-state index contributed by atoms with van der Waals surface area (Å²) in [6.07, 6.45) is 4.22. The fraction of sp³-hybridized carbons (Fsp3) is 0.0769. The summed E-state index contributed by atoms with van der Waals surface area (Å²) < 4.78 is 14.8. The van der Waals surface area contributed by atoms with E-state index in [4.69, 9.17) is 16.7 Å². The Balaban J connectivity index is 1.54. The largest absolute Gasteiger partial charge is 0.478 e. The van der Waals surface area contributed by atoms with Crippen LogP contribution in [0.3, 0.4) is 0 Å². The Morgan fingerprint density at radius 3 is 2.45 bits per heavy atom. The van der Waals surface area contributed by atoms with Gasteiger partial charge in [0.05, 0.1) is 11.3 Å². The molecule has 2 amide bonds. The van der Waals surface area contributed by atoms with Crippen molar-refractivity contribution in [3.63, 3.8) is 0 Å². The van der Waals surface area contributed by atoms with Crippen LogP contribution in [0.2, 0.25) is 5.02 Å². The highest BCUT2D eigenvalue weighted by molar-refractivity contribution is 6.30. The average molecular weight is 535 g/mol. The molecule has 0 spiro atoms. The number of benzene rings is 3. The van der Waals surface area contributed by atoms with E-state index in [0.29, 0.717) is 27.5 Å². The molecular weight excluding hydrogens is 515 g/mol. The van der Waals surface area contributed by atoms with Gasteiger partial charge in [0, 0.05) is 28.9 Å². The second kappa shape index (κ2) is 11.9. The molecule has 1 aromatic heterocycles. The summed E-state index contributed by atoms with van der Waals surface area (Å²) >= 11 is 6.14. The lowest BCUT2D eigenvalue weighted by molar-refractivity contribution is -0.131. The zero-order valence-corrected chi connectivity index (χ0v) is 20.4. The van der Waals surface area contributed by atoms with E-state index >= 15 is 0 Å². The zero-order chi connectivity index (χ0) is 27.1. The number of carboxylic acid groups (broad SMARTS) is 1. The first kappa shape index (κ1) is 26.2. The van der Waals surface area contributed by atoms with Crippen molar-refractivity contribution < 1.29 is 23.9 Å². The minimum atomic E-state index is -1.09. The number of carbonyl (C=O) groups is 3. The predicted molar refractivity (Wildman–Crippen MR) is 137 cm³/mol. The van der Waals surface area contributed by atoms with Crippen LogP contribution in [0, 0.1) is 5.82 Å². The quantitative estimate of drug-likeness (QED) is 0.312. The zero-order valence-electron chi connectivity index (χ0n) is 19.7. The molecule has 1 heterocycles. The fourth-order valence-electron chi connectivity index (χ4n) is 3.50. The Labute approximate surface area is 221 Å². The molecule has 0 atom stereocenters. The molecule has 38 heavy (non-hydrogen) atoms. The minimum absolute atomic E-state index is 0.0320. The van der Waals surface area contributed by atoms with Crippen molar-refractivity contribution >= 4 is 41.1 Å². The highest BCUT2D eigenvalue weighted by Gasteiger charge is 2.17. The number of hydrogen-bond donors (Lipinski definition) is 2. The van der Waals surface area contributed by atoms with E-state index < -0.39 is 23.6 Å². The summed E-state index contributed by atoms with van der Waals surface area (Å²) in [4.78, 5) is 38.3. The van der Waals surface area contributed by atoms with Crippen LogP contribution >= 0.6 is 11.6 Å². The lowest BCUT2D eigenvalue weighted by Crippen LogP contribution is -2.36. The van der Waals surface area contributed by atoms with Gasteiger partial charge in [0.15, 0.2) is 0 Å². The van der Waals surface area contributed by atoms with E-state index in [9.17, 15) is 18.8 Å². The number of nitrogens with zero attached hydrogens (tertiary/aromatic N) is 5. The van der Waals surface area contributed by atoms with E-state index in [1.807, 2.05) is 0 Å². The lowest BCUT2D eigenvalue weighted by Gasteiger charge is -2.21. The smallest absolute Gasteiger partial charge is 0.335 e. The van der Waals surface area contributed by atoms with Gasteiger partial charge in [0.2, 0.25) is 11.8 Å². The number of carbonyl (C=O) groups excluding carboxylic acids is 2. The number of amides is 2. The number of rotatable bonds is 9. The van der Waals surface area contributed by atoms with Crippen LogP contribution in [0.15, 0.2) is 79.1 Å². The Hall–Kier alpha value is -4.90. The van der Waals surface area contributed by atoms with Crippen LogP contribution in [0.1, 0.15) is 21.5 Å². The van der Waals surface area contributed by atoms with Crippen LogP contribution in [-0.2, 0) is 16.1 Å². The van der Waals surface area contributed by atoms with E-state index in [0.717, 1.165) is 0 Å². The molecule has 0 saturated heterocycles. The monoisotopic (exact) mass is 534 g/mol. The van der Waals surface area contributed by atoms with Gasteiger partial charge in [-0.1, -0.05) is 23.7 Å². The molecular formula is C26H20ClFN6O4. The van der Waals surface area contributed by atoms with Gasteiger partial charge in [-0.05, 0) is 76.7 Å². The van der Waals surface area contributed by atoms with Gasteiger partial charge in [-0.3, -0.25) is 9.59 Å². The van der Waals surface area contributed by atoms with Crippen LogP contribution in [0.4, 0.5) is 10.1 Å². The molecule has 4 rings (SSSR count). The van der Waals surface area contributed by atoms with Gasteiger partial charge in [-0.2, -0.15) is 4.68 Å². The summed E-state index contributed by atoms with van der Waals surface area (Å²) in [6, 6.07) is 16.2. The molecule has 0 fully saturated rings. The third kappa shape index (κ3) is 6.86. The maximum atomic E-state index is 13.4.